The minimum Gasteiger partial charge on any atom is -0.338 e. The average molecular weight is 599 g/mol. The van der Waals surface area contributed by atoms with Gasteiger partial charge in [-0.3, -0.25) is 19.6 Å². The molecule has 10 heteroatoms. The van der Waals surface area contributed by atoms with Crippen LogP contribution in [0.3, 0.4) is 0 Å². The van der Waals surface area contributed by atoms with Crippen molar-refractivity contribution in [2.75, 3.05) is 38.0 Å². The third-order valence-corrected chi connectivity index (χ3v) is 9.04. The number of nitrogens with zero attached hydrogens (tertiary/aromatic N) is 4. The smallest absolute Gasteiger partial charge is 0.237 e. The first kappa shape index (κ1) is 28.2. The van der Waals surface area contributed by atoms with Crippen molar-refractivity contribution >= 4 is 56.9 Å². The van der Waals surface area contributed by atoms with Gasteiger partial charge in [-0.2, -0.15) is 16.4 Å². The maximum Gasteiger partial charge on any atom is 0.237 e. The van der Waals surface area contributed by atoms with Crippen LogP contribution in [-0.4, -0.2) is 69.5 Å². The number of hydrogen-bond donors (Lipinski definition) is 2. The molecular formula is C32H31ClN6O2S. The largest absolute Gasteiger partial charge is 0.338 e. The van der Waals surface area contributed by atoms with Crippen LogP contribution >= 0.6 is 22.9 Å². The zero-order valence-electron chi connectivity index (χ0n) is 23.3. The van der Waals surface area contributed by atoms with Crippen LogP contribution in [0, 0.1) is 17.3 Å². The Bertz CT molecular complexity index is 1720. The Morgan fingerprint density at radius 1 is 1.19 bits per heavy atom. The number of carbonyl (C=O) groups excluding carboxylic acids is 2. The summed E-state index contributed by atoms with van der Waals surface area (Å²) in [6.45, 7) is 4.57. The number of nitrogens with one attached hydrogen (secondary N) is 2. The lowest BCUT2D eigenvalue weighted by atomic mass is 9.82. The lowest BCUT2D eigenvalue weighted by molar-refractivity contribution is -0.132. The SMILES string of the molecule is CC#CCC1(C(=O)Nc2ccc3[nH]nc(-c4ccnc(Cl)c4)c3c2)CCN(CC(=O)N2CC=C(c3ccsc3)CC2)C1. The van der Waals surface area contributed by atoms with E-state index in [1.165, 1.54) is 11.1 Å². The van der Waals surface area contributed by atoms with Gasteiger partial charge in [0, 0.05) is 48.9 Å². The van der Waals surface area contributed by atoms with E-state index in [9.17, 15) is 9.59 Å². The Kier molecular flexibility index (Phi) is 8.11. The number of fused-ring (bicyclic) bond motifs is 1. The van der Waals surface area contributed by atoms with Crippen molar-refractivity contribution in [1.29, 1.82) is 0 Å². The van der Waals surface area contributed by atoms with Crippen LogP contribution in [0.15, 0.2) is 59.4 Å². The van der Waals surface area contributed by atoms with Crippen LogP contribution in [0.25, 0.3) is 27.7 Å². The summed E-state index contributed by atoms with van der Waals surface area (Å²) in [5.74, 6) is 6.11. The van der Waals surface area contributed by atoms with Crippen molar-refractivity contribution in [2.45, 2.75) is 26.2 Å². The van der Waals surface area contributed by atoms with E-state index in [4.69, 9.17) is 11.6 Å². The molecule has 1 aromatic carbocycles. The molecule has 2 amide bonds. The number of aromatic nitrogens is 3. The fraction of sp³-hybridized carbons (Fsp3) is 0.312. The quantitative estimate of drug-likeness (QED) is 0.210. The zero-order valence-corrected chi connectivity index (χ0v) is 24.9. The summed E-state index contributed by atoms with van der Waals surface area (Å²) in [5.41, 5.74) is 4.95. The molecule has 0 bridgehead atoms. The van der Waals surface area contributed by atoms with Crippen molar-refractivity contribution in [3.8, 4) is 23.1 Å². The number of H-pyrrole nitrogens is 1. The van der Waals surface area contributed by atoms with Gasteiger partial charge in [-0.15, -0.1) is 11.8 Å². The highest BCUT2D eigenvalue weighted by molar-refractivity contribution is 7.08. The number of carbonyl (C=O) groups is 2. The second kappa shape index (κ2) is 12.1. The van der Waals surface area contributed by atoms with Crippen LogP contribution in [0.2, 0.25) is 5.15 Å². The Labute approximate surface area is 253 Å². The lowest BCUT2D eigenvalue weighted by Gasteiger charge is -2.29. The number of hydrogen-bond acceptors (Lipinski definition) is 6. The molecule has 1 atom stereocenters. The number of rotatable bonds is 7. The molecule has 3 aromatic heterocycles. The molecule has 5 heterocycles. The second-order valence-electron chi connectivity index (χ2n) is 10.8. The van der Waals surface area contributed by atoms with Crippen molar-refractivity contribution < 1.29 is 9.59 Å². The van der Waals surface area contributed by atoms with Crippen LogP contribution in [-0.2, 0) is 9.59 Å². The minimum absolute atomic E-state index is 0.0853. The Balaban J connectivity index is 1.14. The Morgan fingerprint density at radius 3 is 2.86 bits per heavy atom. The molecule has 1 saturated heterocycles. The molecule has 0 radical (unpaired) electrons. The summed E-state index contributed by atoms with van der Waals surface area (Å²) < 4.78 is 0. The summed E-state index contributed by atoms with van der Waals surface area (Å²) in [7, 11) is 0. The number of amides is 2. The van der Waals surface area contributed by atoms with Crippen molar-refractivity contribution in [3.63, 3.8) is 0 Å². The second-order valence-corrected chi connectivity index (χ2v) is 12.0. The standard InChI is InChI=1S/C32H31ClN6O2S/c1-2-3-10-32(11-15-38(21-32)19-29(40)39-13-7-22(8-14-39)24-9-16-42-20-24)31(41)35-25-4-5-27-26(18-25)30(37-36-27)23-6-12-34-28(33)17-23/h4-7,9,12,16-18,20H,8,10-11,13-15,19,21H2,1H3,(H,35,41)(H,36,37). The van der Waals surface area contributed by atoms with E-state index in [0.717, 1.165) is 28.6 Å². The first-order chi connectivity index (χ1) is 20.4. The predicted molar refractivity (Wildman–Crippen MR) is 168 cm³/mol. The first-order valence-electron chi connectivity index (χ1n) is 14.0. The zero-order chi connectivity index (χ0) is 29.1. The number of halogens is 1. The average Bonchev–Trinajstić information content (AvgIpc) is 3.77. The fourth-order valence-electron chi connectivity index (χ4n) is 5.78. The molecule has 4 aromatic rings. The van der Waals surface area contributed by atoms with Gasteiger partial charge in [0.25, 0.3) is 0 Å². The number of anilines is 1. The summed E-state index contributed by atoms with van der Waals surface area (Å²) in [6, 6.07) is 11.4. The molecule has 0 aliphatic carbocycles. The predicted octanol–water partition coefficient (Wildman–Crippen LogP) is 5.70. The highest BCUT2D eigenvalue weighted by Crippen LogP contribution is 2.36. The number of pyridine rings is 1. The van der Waals surface area contributed by atoms with Crippen LogP contribution in [0.1, 0.15) is 31.7 Å². The van der Waals surface area contributed by atoms with Gasteiger partial charge < -0.3 is 10.2 Å². The van der Waals surface area contributed by atoms with Gasteiger partial charge in [-0.05, 0) is 84.6 Å². The molecule has 1 fully saturated rings. The van der Waals surface area contributed by atoms with Crippen LogP contribution in [0.5, 0.6) is 0 Å². The topological polar surface area (TPSA) is 94.2 Å². The van der Waals surface area contributed by atoms with Crippen molar-refractivity contribution in [3.05, 3.63) is 70.1 Å². The third kappa shape index (κ3) is 5.84. The summed E-state index contributed by atoms with van der Waals surface area (Å²) in [4.78, 5) is 35.1. The highest BCUT2D eigenvalue weighted by Gasteiger charge is 2.44. The molecule has 8 nitrogen and oxygen atoms in total. The van der Waals surface area contributed by atoms with Crippen molar-refractivity contribution in [2.24, 2.45) is 5.41 Å². The van der Waals surface area contributed by atoms with Crippen LogP contribution in [0.4, 0.5) is 5.69 Å². The normalized spacial score (nSPS) is 18.9. The molecule has 0 saturated carbocycles. The van der Waals surface area contributed by atoms with Gasteiger partial charge in [0.2, 0.25) is 11.8 Å². The highest BCUT2D eigenvalue weighted by atomic mass is 35.5. The van der Waals surface area contributed by atoms with E-state index in [1.54, 1.807) is 30.5 Å². The molecule has 42 heavy (non-hydrogen) atoms. The van der Waals surface area contributed by atoms with Gasteiger partial charge in [-0.1, -0.05) is 17.7 Å². The van der Waals surface area contributed by atoms with Gasteiger partial charge in [-0.25, -0.2) is 4.98 Å². The van der Waals surface area contributed by atoms with E-state index in [2.05, 4.69) is 60.1 Å². The van der Waals surface area contributed by atoms with Gasteiger partial charge in [0.05, 0.1) is 17.5 Å². The maximum absolute atomic E-state index is 13.8. The van der Waals surface area contributed by atoms with Gasteiger partial charge >= 0.3 is 0 Å². The lowest BCUT2D eigenvalue weighted by Crippen LogP contribution is -2.43. The molecule has 0 spiro atoms. The Hall–Kier alpha value is -3.97. The monoisotopic (exact) mass is 598 g/mol. The molecule has 2 N–H and O–H groups in total. The molecule has 214 valence electrons. The minimum atomic E-state index is -0.704. The van der Waals surface area contributed by atoms with E-state index in [1.807, 2.05) is 29.2 Å². The molecule has 2 aliphatic rings. The Morgan fingerprint density at radius 2 is 2.10 bits per heavy atom. The van der Waals surface area contributed by atoms with E-state index < -0.39 is 5.41 Å². The van der Waals surface area contributed by atoms with E-state index >= 15 is 0 Å². The van der Waals surface area contributed by atoms with Gasteiger partial charge in [0.1, 0.15) is 10.8 Å². The maximum atomic E-state index is 13.8. The number of likely N-dealkylation sites (tertiary alicyclic amines) is 1. The molecular weight excluding hydrogens is 568 g/mol. The molecule has 6 rings (SSSR count). The molecule has 2 aliphatic heterocycles. The summed E-state index contributed by atoms with van der Waals surface area (Å²) in [6.07, 6.45) is 5.73. The van der Waals surface area contributed by atoms with E-state index in [-0.39, 0.29) is 11.8 Å². The molecule has 1 unspecified atom stereocenters. The number of thiophene rings is 1. The van der Waals surface area contributed by atoms with Crippen LogP contribution < -0.4 is 5.32 Å². The van der Waals surface area contributed by atoms with Gasteiger partial charge in [0.15, 0.2) is 0 Å². The summed E-state index contributed by atoms with van der Waals surface area (Å²) >= 11 is 7.80. The summed E-state index contributed by atoms with van der Waals surface area (Å²) in [5, 5.41) is 16.1. The van der Waals surface area contributed by atoms with E-state index in [0.29, 0.717) is 56.4 Å². The number of aromatic amines is 1. The first-order valence-corrected chi connectivity index (χ1v) is 15.3. The third-order valence-electron chi connectivity index (χ3n) is 8.15. The van der Waals surface area contributed by atoms with Crippen molar-refractivity contribution in [1.82, 2.24) is 25.0 Å². The number of benzene rings is 1. The fourth-order valence-corrected chi connectivity index (χ4v) is 6.64.